The summed E-state index contributed by atoms with van der Waals surface area (Å²) in [5.74, 6) is 2.81. The molecule has 0 saturated carbocycles. The number of hydrogen-bond acceptors (Lipinski definition) is 7. The van der Waals surface area contributed by atoms with Gasteiger partial charge in [-0.1, -0.05) is 121 Å². The molecule has 2 unspecified atom stereocenters. The number of aliphatic hydroxyl groups excluding tert-OH is 1. The molecule has 2 atom stereocenters. The number of epoxide rings is 2. The van der Waals surface area contributed by atoms with Crippen LogP contribution < -0.4 is 18.9 Å². The lowest BCUT2D eigenvalue weighted by molar-refractivity contribution is 0.0631. The second kappa shape index (κ2) is 14.8. The summed E-state index contributed by atoms with van der Waals surface area (Å²) in [4.78, 5) is 0. The van der Waals surface area contributed by atoms with Crippen LogP contribution in [0.5, 0.6) is 23.0 Å². The fraction of sp³-hybridized carbons (Fsp3) is 0.184. The molecular formula is C49H40O7. The van der Waals surface area contributed by atoms with E-state index in [1.54, 1.807) is 0 Å². The van der Waals surface area contributed by atoms with Gasteiger partial charge in [0, 0.05) is 22.3 Å². The molecular weight excluding hydrogens is 701 g/mol. The fourth-order valence-electron chi connectivity index (χ4n) is 7.63. The van der Waals surface area contributed by atoms with Gasteiger partial charge in [-0.15, -0.1) is 0 Å². The van der Waals surface area contributed by atoms with Gasteiger partial charge in [-0.05, 0) is 67.4 Å². The predicted octanol–water partition coefficient (Wildman–Crippen LogP) is 10.0. The molecule has 2 aliphatic rings. The number of rotatable bonds is 14. The summed E-state index contributed by atoms with van der Waals surface area (Å²) < 4.78 is 36.9. The van der Waals surface area contributed by atoms with E-state index in [4.69, 9.17) is 28.4 Å². The van der Waals surface area contributed by atoms with Crippen LogP contribution in [-0.2, 0) is 9.47 Å². The zero-order valence-electron chi connectivity index (χ0n) is 30.7. The van der Waals surface area contributed by atoms with Crippen LogP contribution in [0.3, 0.4) is 0 Å². The van der Waals surface area contributed by atoms with Crippen molar-refractivity contribution >= 4 is 43.1 Å². The average molecular weight is 741 g/mol. The highest BCUT2D eigenvalue weighted by atomic mass is 16.6. The summed E-state index contributed by atoms with van der Waals surface area (Å²) in [7, 11) is 0. The van der Waals surface area contributed by atoms with Crippen molar-refractivity contribution < 1.29 is 33.5 Å². The summed E-state index contributed by atoms with van der Waals surface area (Å²) in [6.45, 7) is 2.38. The predicted molar refractivity (Wildman–Crippen MR) is 221 cm³/mol. The van der Waals surface area contributed by atoms with Gasteiger partial charge in [0.05, 0.1) is 13.2 Å². The van der Waals surface area contributed by atoms with Gasteiger partial charge < -0.3 is 33.5 Å². The van der Waals surface area contributed by atoms with Crippen molar-refractivity contribution in [3.8, 4) is 45.3 Å². The van der Waals surface area contributed by atoms with Crippen LogP contribution in [0.15, 0.2) is 146 Å². The number of ether oxygens (including phenoxy) is 6. The van der Waals surface area contributed by atoms with E-state index in [1.807, 2.05) is 72.8 Å². The van der Waals surface area contributed by atoms with Gasteiger partial charge in [0.1, 0.15) is 67.7 Å². The second-order valence-electron chi connectivity index (χ2n) is 14.4. The van der Waals surface area contributed by atoms with Gasteiger partial charge in [-0.3, -0.25) is 0 Å². The lowest BCUT2D eigenvalue weighted by Gasteiger charge is -2.22. The number of hydrogen-bond donors (Lipinski definition) is 1. The molecule has 2 aliphatic heterocycles. The summed E-state index contributed by atoms with van der Waals surface area (Å²) in [6, 6.07) is 49.5. The van der Waals surface area contributed by atoms with E-state index in [1.165, 1.54) is 0 Å². The number of benzene rings is 8. The van der Waals surface area contributed by atoms with Crippen LogP contribution in [0.25, 0.3) is 65.3 Å². The Balaban J connectivity index is 0.982. The van der Waals surface area contributed by atoms with Crippen LogP contribution in [0.4, 0.5) is 0 Å². The highest BCUT2D eigenvalue weighted by Gasteiger charge is 2.27. The third-order valence-electron chi connectivity index (χ3n) is 10.6. The normalized spacial score (nSPS) is 16.6. The Kier molecular flexibility index (Phi) is 9.11. The third-order valence-corrected chi connectivity index (χ3v) is 10.6. The van der Waals surface area contributed by atoms with E-state index >= 15 is 0 Å². The summed E-state index contributed by atoms with van der Waals surface area (Å²) in [6.07, 6.45) is -0.736. The molecule has 0 amide bonds. The molecule has 0 aliphatic carbocycles. The van der Waals surface area contributed by atoms with Crippen molar-refractivity contribution in [2.45, 2.75) is 18.3 Å². The minimum absolute atomic E-state index is 0.00907. The molecule has 7 heteroatoms. The smallest absolute Gasteiger partial charge is 0.128 e. The monoisotopic (exact) mass is 740 g/mol. The Morgan fingerprint density at radius 3 is 1.00 bits per heavy atom. The van der Waals surface area contributed by atoms with E-state index in [0.717, 1.165) is 76.8 Å². The molecule has 8 aromatic rings. The molecule has 278 valence electrons. The largest absolute Gasteiger partial charge is 0.490 e. The molecule has 10 rings (SSSR count). The van der Waals surface area contributed by atoms with Crippen molar-refractivity contribution in [2.24, 2.45) is 0 Å². The molecule has 0 bridgehead atoms. The third kappa shape index (κ3) is 6.86. The molecule has 0 radical (unpaired) electrons. The topological polar surface area (TPSA) is 82.2 Å². The van der Waals surface area contributed by atoms with Crippen molar-refractivity contribution in [1.82, 2.24) is 0 Å². The van der Waals surface area contributed by atoms with Gasteiger partial charge in [0.15, 0.2) is 0 Å². The van der Waals surface area contributed by atoms with E-state index in [2.05, 4.69) is 72.8 Å². The van der Waals surface area contributed by atoms with Crippen LogP contribution >= 0.6 is 0 Å². The van der Waals surface area contributed by atoms with Gasteiger partial charge >= 0.3 is 0 Å². The number of fused-ring (bicyclic) bond motifs is 4. The van der Waals surface area contributed by atoms with Crippen LogP contribution in [0.1, 0.15) is 0 Å². The van der Waals surface area contributed by atoms with Gasteiger partial charge in [-0.2, -0.15) is 0 Å². The molecule has 2 heterocycles. The zero-order chi connectivity index (χ0) is 37.4. The van der Waals surface area contributed by atoms with E-state index < -0.39 is 6.10 Å². The Bertz CT molecular complexity index is 2530. The highest BCUT2D eigenvalue weighted by molar-refractivity contribution is 6.11. The minimum Gasteiger partial charge on any atom is -0.490 e. The summed E-state index contributed by atoms with van der Waals surface area (Å²) >= 11 is 0. The maximum Gasteiger partial charge on any atom is 0.128 e. The Morgan fingerprint density at radius 2 is 0.696 bits per heavy atom. The zero-order valence-corrected chi connectivity index (χ0v) is 30.7. The standard InChI is InChI=1S/C49H40O7/c50-35(25-53-42-21-17-31-9-1-5-13-38(31)46(42)48-40-15-7-3-11-33(40)19-23-44(48)55-29-36-27-51-36)26-54-43-22-18-32-10-2-6-14-39(32)47(43)49-41-16-8-4-12-34(41)20-24-45(49)56-30-37-28-52-37/h1-24,35-37,50H,25-30H2. The first-order valence-electron chi connectivity index (χ1n) is 19.2. The maximum absolute atomic E-state index is 11.6. The summed E-state index contributed by atoms with van der Waals surface area (Å²) in [5, 5.41) is 20.1. The van der Waals surface area contributed by atoms with Gasteiger partial charge in [0.2, 0.25) is 0 Å². The maximum atomic E-state index is 11.6. The second-order valence-corrected chi connectivity index (χ2v) is 14.4. The Hall–Kier alpha value is -6.12. The molecule has 56 heavy (non-hydrogen) atoms. The Labute approximate surface area is 324 Å². The van der Waals surface area contributed by atoms with Crippen molar-refractivity contribution in [2.75, 3.05) is 39.6 Å². The molecule has 8 aromatic carbocycles. The van der Waals surface area contributed by atoms with Crippen molar-refractivity contribution in [3.05, 3.63) is 146 Å². The minimum atomic E-state index is -0.945. The van der Waals surface area contributed by atoms with Gasteiger partial charge in [0.25, 0.3) is 0 Å². The van der Waals surface area contributed by atoms with Crippen molar-refractivity contribution in [3.63, 3.8) is 0 Å². The molecule has 2 saturated heterocycles. The molecule has 0 spiro atoms. The summed E-state index contributed by atoms with van der Waals surface area (Å²) in [5.41, 5.74) is 3.72. The molecule has 2 fully saturated rings. The highest BCUT2D eigenvalue weighted by Crippen LogP contribution is 2.47. The first-order valence-corrected chi connectivity index (χ1v) is 19.2. The average Bonchev–Trinajstić information content (AvgIpc) is 4.20. The quantitative estimate of drug-likeness (QED) is 0.111. The van der Waals surface area contributed by atoms with E-state index in [9.17, 15) is 5.11 Å². The van der Waals surface area contributed by atoms with Crippen LogP contribution in [0, 0.1) is 0 Å². The van der Waals surface area contributed by atoms with E-state index in [0.29, 0.717) is 37.9 Å². The first kappa shape index (κ1) is 34.4. The van der Waals surface area contributed by atoms with Crippen molar-refractivity contribution in [1.29, 1.82) is 0 Å². The lowest BCUT2D eigenvalue weighted by atomic mass is 9.92. The Morgan fingerprint density at radius 1 is 0.411 bits per heavy atom. The molecule has 1 N–H and O–H groups in total. The lowest BCUT2D eigenvalue weighted by Crippen LogP contribution is -2.25. The molecule has 0 aromatic heterocycles. The van der Waals surface area contributed by atoms with Crippen LogP contribution in [0.2, 0.25) is 0 Å². The van der Waals surface area contributed by atoms with E-state index in [-0.39, 0.29) is 25.4 Å². The SMILES string of the molecule is OC(COc1ccc2ccccc2c1-c1c(OCC2CO2)ccc2ccccc12)COc1ccc2ccccc2c1-c1c(OCC2CO2)ccc2ccccc12. The first-order chi connectivity index (χ1) is 27.7. The molecule has 7 nitrogen and oxygen atoms in total. The van der Waals surface area contributed by atoms with Crippen LogP contribution in [-0.4, -0.2) is 63.1 Å². The van der Waals surface area contributed by atoms with Gasteiger partial charge in [-0.25, -0.2) is 0 Å². The fourth-order valence-corrected chi connectivity index (χ4v) is 7.63. The number of aliphatic hydroxyl groups is 1.